The van der Waals surface area contributed by atoms with E-state index in [1.807, 2.05) is 12.1 Å². The fourth-order valence-corrected chi connectivity index (χ4v) is 4.15. The molecule has 1 heterocycles. The second-order valence-electron chi connectivity index (χ2n) is 8.71. The summed E-state index contributed by atoms with van der Waals surface area (Å²) in [4.78, 5) is 19.5. The zero-order valence-corrected chi connectivity index (χ0v) is 20.0. The van der Waals surface area contributed by atoms with Gasteiger partial charge in [-0.25, -0.2) is 0 Å². The van der Waals surface area contributed by atoms with E-state index in [0.717, 1.165) is 37.8 Å². The van der Waals surface area contributed by atoms with Gasteiger partial charge in [0.05, 0.1) is 23.7 Å². The van der Waals surface area contributed by atoms with Gasteiger partial charge in [0.1, 0.15) is 5.84 Å². The number of rotatable bonds is 9. The third-order valence-electron chi connectivity index (χ3n) is 5.94. The number of nitriles is 2. The van der Waals surface area contributed by atoms with Crippen LogP contribution in [0.25, 0.3) is 5.57 Å². The summed E-state index contributed by atoms with van der Waals surface area (Å²) in [6.07, 6.45) is 4.15. The Morgan fingerprint density at radius 2 is 1.95 bits per heavy atom. The second-order valence-corrected chi connectivity index (χ2v) is 8.71. The Hall–Kier alpha value is -4.18. The molecule has 1 fully saturated rings. The van der Waals surface area contributed by atoms with Crippen LogP contribution >= 0.6 is 0 Å². The Kier molecular flexibility index (Phi) is 9.39. The molecule has 2 N–H and O–H groups in total. The summed E-state index contributed by atoms with van der Waals surface area (Å²) in [7, 11) is 0. The number of aliphatic carboxylic acids is 1. The number of nitrogens with zero attached hydrogens (tertiary/aromatic N) is 4. The molecule has 2 aromatic rings. The molecule has 10 heteroatoms. The third kappa shape index (κ3) is 7.91. The fourth-order valence-electron chi connectivity index (χ4n) is 4.15. The molecule has 1 aromatic heterocycles. The zero-order chi connectivity index (χ0) is 26.8. The lowest BCUT2D eigenvalue weighted by molar-refractivity contribution is -0.138. The van der Waals surface area contributed by atoms with Crippen LogP contribution in [-0.2, 0) is 11.0 Å². The number of alkyl halides is 3. The van der Waals surface area contributed by atoms with Crippen molar-refractivity contribution in [1.29, 1.82) is 10.5 Å². The molecular formula is C27H26F3N5O2. The summed E-state index contributed by atoms with van der Waals surface area (Å²) >= 11 is 0. The van der Waals surface area contributed by atoms with Crippen LogP contribution in [0.2, 0.25) is 0 Å². The highest BCUT2D eigenvalue weighted by Gasteiger charge is 2.32. The number of benzene rings is 1. The molecule has 3 rings (SSSR count). The summed E-state index contributed by atoms with van der Waals surface area (Å²) in [6.45, 7) is 0. The molecular weight excluding hydrogens is 483 g/mol. The molecule has 0 aliphatic heterocycles. The van der Waals surface area contributed by atoms with Gasteiger partial charge in [-0.3, -0.25) is 14.8 Å². The van der Waals surface area contributed by atoms with Gasteiger partial charge in [-0.05, 0) is 61.1 Å². The van der Waals surface area contributed by atoms with Crippen molar-refractivity contribution in [3.05, 3.63) is 65.5 Å². The van der Waals surface area contributed by atoms with Crippen molar-refractivity contribution in [3.63, 3.8) is 0 Å². The number of anilines is 1. The minimum atomic E-state index is -4.66. The van der Waals surface area contributed by atoms with Crippen molar-refractivity contribution in [2.24, 2.45) is 10.9 Å². The van der Waals surface area contributed by atoms with E-state index in [-0.39, 0.29) is 29.5 Å². The first-order valence-corrected chi connectivity index (χ1v) is 11.9. The molecule has 0 spiro atoms. The number of aliphatic imine (C=N–C) groups is 1. The number of halogens is 3. The lowest BCUT2D eigenvalue weighted by Gasteiger charge is -2.18. The number of hydrogen-bond acceptors (Lipinski definition) is 5. The van der Waals surface area contributed by atoms with E-state index in [1.165, 1.54) is 12.3 Å². The predicted octanol–water partition coefficient (Wildman–Crippen LogP) is 6.20. The van der Waals surface area contributed by atoms with Gasteiger partial charge in [0.25, 0.3) is 0 Å². The first kappa shape index (κ1) is 27.4. The molecule has 1 aliphatic carbocycles. The van der Waals surface area contributed by atoms with E-state index in [0.29, 0.717) is 24.0 Å². The molecule has 37 heavy (non-hydrogen) atoms. The number of pyridine rings is 1. The molecule has 1 saturated carbocycles. The van der Waals surface area contributed by atoms with Gasteiger partial charge in [-0.15, -0.1) is 0 Å². The molecule has 0 radical (unpaired) electrons. The van der Waals surface area contributed by atoms with Crippen LogP contribution in [0.15, 0.2) is 53.8 Å². The van der Waals surface area contributed by atoms with Gasteiger partial charge in [0.15, 0.2) is 5.92 Å². The Morgan fingerprint density at radius 3 is 2.54 bits per heavy atom. The van der Waals surface area contributed by atoms with Gasteiger partial charge < -0.3 is 10.4 Å². The minimum Gasteiger partial charge on any atom is -0.481 e. The highest BCUT2D eigenvalue weighted by molar-refractivity contribution is 6.01. The number of carboxylic acids is 1. The third-order valence-corrected chi connectivity index (χ3v) is 5.94. The van der Waals surface area contributed by atoms with Crippen LogP contribution in [0.3, 0.4) is 0 Å². The molecule has 0 amide bonds. The summed E-state index contributed by atoms with van der Waals surface area (Å²) in [5.74, 6) is -2.20. The Balaban J connectivity index is 2.08. The zero-order valence-electron chi connectivity index (χ0n) is 20.0. The predicted molar refractivity (Wildman–Crippen MR) is 132 cm³/mol. The van der Waals surface area contributed by atoms with E-state index in [4.69, 9.17) is 5.11 Å². The molecule has 192 valence electrons. The van der Waals surface area contributed by atoms with Crippen molar-refractivity contribution in [1.82, 2.24) is 4.98 Å². The molecule has 0 atom stereocenters. The SMILES string of the molecule is N#CC(C#N)C(=NC1CCCC1)Nc1cc(/C(=C\CCCC(=O)O)c2cccnc2)cc(C(F)(F)F)c1. The largest absolute Gasteiger partial charge is 0.481 e. The van der Waals surface area contributed by atoms with Gasteiger partial charge in [0.2, 0.25) is 0 Å². The van der Waals surface area contributed by atoms with Crippen LogP contribution in [-0.4, -0.2) is 27.9 Å². The van der Waals surface area contributed by atoms with Crippen LogP contribution in [0.1, 0.15) is 61.6 Å². The Labute approximate surface area is 213 Å². The van der Waals surface area contributed by atoms with E-state index >= 15 is 0 Å². The summed E-state index contributed by atoms with van der Waals surface area (Å²) < 4.78 is 41.7. The smallest absolute Gasteiger partial charge is 0.416 e. The standard InChI is InChI=1S/C27H26F3N5O2/c28-27(29,30)21-12-19(24(9-3-4-10-25(36)37)18-6-5-11-33-17-18)13-23(14-21)35-26(20(15-31)16-32)34-22-7-1-2-8-22/h5-6,9,11-14,17,20,22H,1-4,7-8,10H2,(H,34,35)(H,36,37)/b24-9-. The molecule has 7 nitrogen and oxygen atoms in total. The van der Waals surface area contributed by atoms with Crippen LogP contribution < -0.4 is 5.32 Å². The van der Waals surface area contributed by atoms with E-state index in [1.54, 1.807) is 24.4 Å². The number of aromatic nitrogens is 1. The number of unbranched alkanes of at least 4 members (excludes halogenated alkanes) is 1. The van der Waals surface area contributed by atoms with Gasteiger partial charge in [-0.2, -0.15) is 23.7 Å². The first-order valence-electron chi connectivity index (χ1n) is 11.9. The quantitative estimate of drug-likeness (QED) is 0.236. The second kappa shape index (κ2) is 12.7. The van der Waals surface area contributed by atoms with Crippen LogP contribution in [0.4, 0.5) is 18.9 Å². The lowest BCUT2D eigenvalue weighted by atomic mass is 9.95. The van der Waals surface area contributed by atoms with Crippen LogP contribution in [0.5, 0.6) is 0 Å². The van der Waals surface area contributed by atoms with E-state index in [9.17, 15) is 28.5 Å². The maximum atomic E-state index is 13.9. The summed E-state index contributed by atoms with van der Waals surface area (Å²) in [6, 6.07) is 10.4. The van der Waals surface area contributed by atoms with Crippen molar-refractivity contribution in [3.8, 4) is 12.1 Å². The number of nitrogens with one attached hydrogen (secondary N) is 1. The molecule has 0 bridgehead atoms. The average molecular weight is 510 g/mol. The maximum absolute atomic E-state index is 13.9. The fraction of sp³-hybridized carbons (Fsp3) is 0.370. The van der Waals surface area contributed by atoms with Crippen molar-refractivity contribution < 1.29 is 23.1 Å². The number of carboxylic acid groups (broad SMARTS) is 1. The highest BCUT2D eigenvalue weighted by Crippen LogP contribution is 2.36. The average Bonchev–Trinajstić information content (AvgIpc) is 3.37. The van der Waals surface area contributed by atoms with Crippen molar-refractivity contribution in [2.75, 3.05) is 5.32 Å². The molecule has 1 aliphatic rings. The molecule has 1 aromatic carbocycles. The number of hydrogen-bond donors (Lipinski definition) is 2. The summed E-state index contributed by atoms with van der Waals surface area (Å²) in [5, 5.41) is 30.7. The van der Waals surface area contributed by atoms with Gasteiger partial charge >= 0.3 is 12.1 Å². The Morgan fingerprint density at radius 1 is 1.22 bits per heavy atom. The summed E-state index contributed by atoms with van der Waals surface area (Å²) in [5.41, 5.74) is 0.371. The molecule has 0 unspecified atom stereocenters. The topological polar surface area (TPSA) is 122 Å². The van der Waals surface area contributed by atoms with E-state index < -0.39 is 23.6 Å². The normalized spacial score (nSPS) is 14.9. The van der Waals surface area contributed by atoms with E-state index in [2.05, 4.69) is 15.3 Å². The maximum Gasteiger partial charge on any atom is 0.416 e. The number of amidine groups is 1. The number of allylic oxidation sites excluding steroid dienone is 1. The van der Waals surface area contributed by atoms with Crippen molar-refractivity contribution in [2.45, 2.75) is 57.2 Å². The van der Waals surface area contributed by atoms with Crippen LogP contribution in [0, 0.1) is 28.6 Å². The lowest BCUT2D eigenvalue weighted by Crippen LogP contribution is -2.23. The molecule has 0 saturated heterocycles. The number of carbonyl (C=O) groups is 1. The minimum absolute atomic E-state index is 0.0236. The first-order chi connectivity index (χ1) is 17.7. The van der Waals surface area contributed by atoms with Gasteiger partial charge in [-0.1, -0.05) is 25.0 Å². The van der Waals surface area contributed by atoms with Gasteiger partial charge in [0, 0.05) is 30.1 Å². The monoisotopic (exact) mass is 509 g/mol. The highest BCUT2D eigenvalue weighted by atomic mass is 19.4. The Bertz CT molecular complexity index is 1220. The van der Waals surface area contributed by atoms with Crippen molar-refractivity contribution >= 4 is 23.1 Å².